The fourth-order valence-electron chi connectivity index (χ4n) is 2.80. The van der Waals surface area contributed by atoms with E-state index in [2.05, 4.69) is 55.4 Å². The molecule has 0 bridgehead atoms. The van der Waals surface area contributed by atoms with Crippen LogP contribution < -0.4 is 4.90 Å². The van der Waals surface area contributed by atoms with E-state index in [1.54, 1.807) is 0 Å². The van der Waals surface area contributed by atoms with Gasteiger partial charge in [0.15, 0.2) is 5.15 Å². The number of benzene rings is 2. The molecular weight excluding hydrogens is 364 g/mol. The van der Waals surface area contributed by atoms with Crippen molar-refractivity contribution in [3.63, 3.8) is 0 Å². The molecule has 0 fully saturated rings. The topological polar surface area (TPSA) is 34.0 Å². The predicted molar refractivity (Wildman–Crippen MR) is 90.8 cm³/mol. The maximum atomic E-state index is 6.28. The van der Waals surface area contributed by atoms with Crippen LogP contribution >= 0.6 is 27.5 Å². The van der Waals surface area contributed by atoms with Crippen molar-refractivity contribution in [2.75, 3.05) is 4.90 Å². The number of aromatic nitrogens is 3. The third kappa shape index (κ3) is 2.21. The van der Waals surface area contributed by atoms with Crippen LogP contribution in [0.1, 0.15) is 5.56 Å². The third-order valence-electron chi connectivity index (χ3n) is 3.84. The zero-order chi connectivity index (χ0) is 15.1. The van der Waals surface area contributed by atoms with E-state index in [9.17, 15) is 0 Å². The van der Waals surface area contributed by atoms with Crippen LogP contribution in [0.4, 0.5) is 5.69 Å². The van der Waals surface area contributed by atoms with Crippen molar-refractivity contribution < 1.29 is 0 Å². The highest BCUT2D eigenvalue weighted by Crippen LogP contribution is 2.37. The summed E-state index contributed by atoms with van der Waals surface area (Å²) in [5.41, 5.74) is 4.28. The lowest BCUT2D eigenvalue weighted by Crippen LogP contribution is -2.25. The summed E-state index contributed by atoms with van der Waals surface area (Å²) in [6.07, 6.45) is 0. The molecule has 0 radical (unpaired) electrons. The highest BCUT2D eigenvalue weighted by Gasteiger charge is 2.24. The Labute approximate surface area is 141 Å². The minimum atomic E-state index is 0.439. The number of hydrogen-bond donors (Lipinski definition) is 0. The highest BCUT2D eigenvalue weighted by atomic mass is 79.9. The maximum absolute atomic E-state index is 6.28. The fraction of sp³-hybridized carbons (Fsp3) is 0.125. The molecule has 3 aromatic rings. The lowest BCUT2D eigenvalue weighted by molar-refractivity contribution is 0.569. The molecule has 0 saturated carbocycles. The number of rotatable bonds is 1. The second-order valence-corrected chi connectivity index (χ2v) is 6.38. The average molecular weight is 376 g/mol. The van der Waals surface area contributed by atoms with Gasteiger partial charge in [-0.15, -0.1) is 5.10 Å². The minimum absolute atomic E-state index is 0.439. The molecule has 1 aromatic heterocycles. The van der Waals surface area contributed by atoms with Gasteiger partial charge in [-0.2, -0.15) is 0 Å². The minimum Gasteiger partial charge on any atom is -0.348 e. The number of para-hydroxylation sites is 1. The quantitative estimate of drug-likeness (QED) is 0.634. The molecule has 22 heavy (non-hydrogen) atoms. The summed E-state index contributed by atoms with van der Waals surface area (Å²) in [5, 5.41) is 8.67. The van der Waals surface area contributed by atoms with Crippen molar-refractivity contribution in [1.82, 2.24) is 15.0 Å². The lowest BCUT2D eigenvalue weighted by Gasteiger charge is -2.23. The van der Waals surface area contributed by atoms with Gasteiger partial charge >= 0.3 is 0 Å². The van der Waals surface area contributed by atoms with E-state index >= 15 is 0 Å². The first-order valence-corrected chi connectivity index (χ1v) is 8.08. The van der Waals surface area contributed by atoms with Crippen LogP contribution in [0.5, 0.6) is 0 Å². The van der Waals surface area contributed by atoms with Gasteiger partial charge in [0.05, 0.1) is 0 Å². The van der Waals surface area contributed by atoms with Gasteiger partial charge in [0.2, 0.25) is 0 Å². The van der Waals surface area contributed by atoms with Crippen molar-refractivity contribution in [1.29, 1.82) is 0 Å². The molecular formula is C16H12BrClN4. The summed E-state index contributed by atoms with van der Waals surface area (Å²) in [7, 11) is 0. The Hall–Kier alpha value is -1.85. The van der Waals surface area contributed by atoms with Gasteiger partial charge in [0, 0.05) is 22.3 Å². The molecule has 4 nitrogen and oxygen atoms in total. The van der Waals surface area contributed by atoms with Gasteiger partial charge in [0.25, 0.3) is 0 Å². The zero-order valence-corrected chi connectivity index (χ0v) is 13.9. The SMILES string of the molecule is Clc1nnn2c1-c1cccc(Br)c1CN(c1ccccc1)C2. The first kappa shape index (κ1) is 13.8. The molecule has 0 amide bonds. The highest BCUT2D eigenvalue weighted by molar-refractivity contribution is 9.10. The first-order chi connectivity index (χ1) is 10.7. The Morgan fingerprint density at radius 3 is 2.68 bits per heavy atom. The van der Waals surface area contributed by atoms with Crippen LogP contribution in [0, 0.1) is 0 Å². The second kappa shape index (κ2) is 5.41. The molecule has 2 aromatic carbocycles. The largest absolute Gasteiger partial charge is 0.348 e. The van der Waals surface area contributed by atoms with Gasteiger partial charge in [-0.3, -0.25) is 0 Å². The first-order valence-electron chi connectivity index (χ1n) is 6.91. The molecule has 0 spiro atoms. The Balaban J connectivity index is 1.92. The summed E-state index contributed by atoms with van der Waals surface area (Å²) in [6, 6.07) is 16.4. The van der Waals surface area contributed by atoms with Gasteiger partial charge in [0.1, 0.15) is 12.4 Å². The zero-order valence-electron chi connectivity index (χ0n) is 11.6. The van der Waals surface area contributed by atoms with Crippen LogP contribution in [-0.2, 0) is 13.2 Å². The van der Waals surface area contributed by atoms with Gasteiger partial charge in [-0.1, -0.05) is 63.1 Å². The standard InChI is InChI=1S/C16H12BrClN4/c17-14-8-4-7-12-13(14)9-21(11-5-2-1-3-6-11)10-22-15(12)16(18)19-20-22/h1-8H,9-10H2. The Kier molecular flexibility index (Phi) is 3.39. The normalized spacial score (nSPS) is 13.5. The molecule has 0 saturated heterocycles. The molecule has 0 aliphatic carbocycles. The fourth-order valence-corrected chi connectivity index (χ4v) is 3.52. The molecule has 4 rings (SSSR count). The van der Waals surface area contributed by atoms with Crippen molar-refractivity contribution in [2.45, 2.75) is 13.2 Å². The summed E-state index contributed by atoms with van der Waals surface area (Å²) in [6.45, 7) is 1.39. The Morgan fingerprint density at radius 2 is 1.86 bits per heavy atom. The van der Waals surface area contributed by atoms with Gasteiger partial charge in [-0.05, 0) is 23.8 Å². The monoisotopic (exact) mass is 374 g/mol. The van der Waals surface area contributed by atoms with E-state index in [4.69, 9.17) is 11.6 Å². The predicted octanol–water partition coefficient (Wildman–Crippen LogP) is 4.34. The molecule has 0 N–H and O–H groups in total. The van der Waals surface area contributed by atoms with Crippen LogP contribution in [0.25, 0.3) is 11.3 Å². The van der Waals surface area contributed by atoms with E-state index in [1.807, 2.05) is 28.9 Å². The second-order valence-electron chi connectivity index (χ2n) is 5.17. The Morgan fingerprint density at radius 1 is 1.05 bits per heavy atom. The van der Waals surface area contributed by atoms with E-state index < -0.39 is 0 Å². The average Bonchev–Trinajstić information content (AvgIpc) is 2.80. The van der Waals surface area contributed by atoms with Crippen molar-refractivity contribution in [3.05, 3.63) is 63.7 Å². The van der Waals surface area contributed by atoms with Crippen molar-refractivity contribution in [2.24, 2.45) is 0 Å². The number of nitrogens with zero attached hydrogens (tertiary/aromatic N) is 4. The summed E-state index contributed by atoms with van der Waals surface area (Å²) in [5.74, 6) is 0. The molecule has 0 unspecified atom stereocenters. The third-order valence-corrected chi connectivity index (χ3v) is 4.84. The van der Waals surface area contributed by atoms with E-state index in [1.165, 1.54) is 5.56 Å². The lowest BCUT2D eigenvalue weighted by atomic mass is 10.0. The van der Waals surface area contributed by atoms with Crippen LogP contribution in [0.3, 0.4) is 0 Å². The summed E-state index contributed by atoms with van der Waals surface area (Å²) < 4.78 is 2.92. The smallest absolute Gasteiger partial charge is 0.179 e. The molecule has 6 heteroatoms. The number of halogens is 2. The number of hydrogen-bond acceptors (Lipinski definition) is 3. The summed E-state index contributed by atoms with van der Waals surface area (Å²) >= 11 is 9.94. The van der Waals surface area contributed by atoms with E-state index in [0.717, 1.165) is 28.0 Å². The van der Waals surface area contributed by atoms with Crippen LogP contribution in [-0.4, -0.2) is 15.0 Å². The number of fused-ring (bicyclic) bond motifs is 3. The van der Waals surface area contributed by atoms with Crippen molar-refractivity contribution in [3.8, 4) is 11.3 Å². The van der Waals surface area contributed by atoms with Crippen molar-refractivity contribution >= 4 is 33.2 Å². The maximum Gasteiger partial charge on any atom is 0.179 e. The van der Waals surface area contributed by atoms with Gasteiger partial charge in [-0.25, -0.2) is 4.68 Å². The van der Waals surface area contributed by atoms with E-state index in [0.29, 0.717) is 11.8 Å². The van der Waals surface area contributed by atoms with E-state index in [-0.39, 0.29) is 0 Å². The molecule has 110 valence electrons. The molecule has 0 atom stereocenters. The Bertz CT molecular complexity index is 831. The summed E-state index contributed by atoms with van der Waals surface area (Å²) in [4.78, 5) is 2.26. The molecule has 1 aliphatic rings. The van der Waals surface area contributed by atoms with Gasteiger partial charge < -0.3 is 4.90 Å². The number of anilines is 1. The van der Waals surface area contributed by atoms with Crippen LogP contribution in [0.15, 0.2) is 53.0 Å². The molecule has 2 heterocycles. The molecule has 1 aliphatic heterocycles. The van der Waals surface area contributed by atoms with Crippen LogP contribution in [0.2, 0.25) is 5.15 Å².